The summed E-state index contributed by atoms with van der Waals surface area (Å²) in [6.07, 6.45) is 3.17. The molecule has 1 aliphatic carbocycles. The molecule has 0 amide bonds. The first kappa shape index (κ1) is 20.7. The summed E-state index contributed by atoms with van der Waals surface area (Å²) in [5.41, 5.74) is 8.32. The Morgan fingerprint density at radius 1 is 0.703 bits per heavy atom. The van der Waals surface area contributed by atoms with Crippen LogP contribution >= 0.6 is 0 Å². The minimum atomic E-state index is -0.733. The third-order valence-electron chi connectivity index (χ3n) is 7.72. The molecule has 0 radical (unpaired) electrons. The van der Waals surface area contributed by atoms with E-state index in [0.29, 0.717) is 12.8 Å². The van der Waals surface area contributed by atoms with Gasteiger partial charge in [-0.3, -0.25) is 8.97 Å². The zero-order valence-electron chi connectivity index (χ0n) is 20.1. The molecule has 0 saturated heterocycles. The van der Waals surface area contributed by atoms with E-state index >= 15 is 0 Å². The molecule has 5 heteroatoms. The topological polar surface area (TPSA) is 35.1 Å². The molecule has 0 spiro atoms. The molecule has 8 rings (SSSR count). The molecule has 0 bridgehead atoms. The van der Waals surface area contributed by atoms with Crippen molar-refractivity contribution in [2.24, 2.45) is 0 Å². The molecule has 0 fully saturated rings. The third kappa shape index (κ3) is 3.00. The lowest BCUT2D eigenvalue weighted by Gasteiger charge is -2.17. The van der Waals surface area contributed by atoms with E-state index in [1.54, 1.807) is 0 Å². The predicted octanol–water partition coefficient (Wildman–Crippen LogP) is 8.04. The minimum Gasteiger partial charge on any atom is -0.279 e. The summed E-state index contributed by atoms with van der Waals surface area (Å²) in [5.74, 6) is 0.812. The molecule has 37 heavy (non-hydrogen) atoms. The van der Waals surface area contributed by atoms with E-state index in [2.05, 4.69) is 81.8 Å². The molecule has 0 N–H and O–H groups in total. The van der Waals surface area contributed by atoms with Crippen molar-refractivity contribution in [3.05, 3.63) is 103 Å². The van der Waals surface area contributed by atoms with Gasteiger partial charge in [0.25, 0.3) is 0 Å². The zero-order valence-corrected chi connectivity index (χ0v) is 20.1. The average molecular weight is 483 g/mol. The van der Waals surface area contributed by atoms with Gasteiger partial charge in [0.2, 0.25) is 5.95 Å². The molecule has 1 atom stereocenters. The summed E-state index contributed by atoms with van der Waals surface area (Å²) < 4.78 is 18.3. The molecule has 0 saturated carbocycles. The highest BCUT2D eigenvalue weighted by atomic mass is 19.1. The van der Waals surface area contributed by atoms with Crippen LogP contribution in [0.1, 0.15) is 24.8 Å². The molecule has 4 nitrogen and oxygen atoms in total. The van der Waals surface area contributed by atoms with E-state index in [9.17, 15) is 4.39 Å². The van der Waals surface area contributed by atoms with Gasteiger partial charge in [0.05, 0.1) is 27.6 Å². The molecule has 3 aromatic heterocycles. The number of fused-ring (bicyclic) bond motifs is 8. The third-order valence-corrected chi connectivity index (χ3v) is 7.72. The highest BCUT2D eigenvalue weighted by molar-refractivity contribution is 6.10. The first-order valence-corrected chi connectivity index (χ1v) is 12.8. The number of halogens is 1. The van der Waals surface area contributed by atoms with Crippen molar-refractivity contribution in [2.45, 2.75) is 25.4 Å². The van der Waals surface area contributed by atoms with E-state index in [0.717, 1.165) is 56.5 Å². The first-order valence-electron chi connectivity index (χ1n) is 12.8. The van der Waals surface area contributed by atoms with Gasteiger partial charge in [-0.05, 0) is 66.8 Å². The lowest BCUT2D eigenvalue weighted by atomic mass is 9.92. The summed E-state index contributed by atoms with van der Waals surface area (Å²) >= 11 is 0. The fraction of sp³-hybridized carbons (Fsp3) is 0.125. The number of allylic oxidation sites excluding steroid dienone is 2. The lowest BCUT2D eigenvalue weighted by Crippen LogP contribution is -2.07. The number of hydrogen-bond donors (Lipinski definition) is 0. The molecule has 178 valence electrons. The van der Waals surface area contributed by atoms with Gasteiger partial charge in [0, 0.05) is 16.2 Å². The van der Waals surface area contributed by atoms with Gasteiger partial charge in [-0.15, -0.1) is 0 Å². The summed E-state index contributed by atoms with van der Waals surface area (Å²) in [5, 5.41) is 3.38. The maximum atomic E-state index is 13.9. The number of nitrogens with zero attached hydrogens (tertiary/aromatic N) is 4. The monoisotopic (exact) mass is 482 g/mol. The molecule has 7 aromatic rings. The van der Waals surface area contributed by atoms with Crippen molar-refractivity contribution in [3.8, 4) is 5.95 Å². The van der Waals surface area contributed by atoms with Crippen LogP contribution in [0.3, 0.4) is 0 Å². The largest absolute Gasteiger partial charge is 0.279 e. The Labute approximate surface area is 212 Å². The van der Waals surface area contributed by atoms with E-state index in [1.165, 1.54) is 16.3 Å². The van der Waals surface area contributed by atoms with Crippen LogP contribution in [0, 0.1) is 0 Å². The van der Waals surface area contributed by atoms with Gasteiger partial charge >= 0.3 is 0 Å². The number of rotatable bonds is 2. The molecule has 4 aromatic carbocycles. The van der Waals surface area contributed by atoms with Gasteiger partial charge in [-0.1, -0.05) is 60.7 Å². The Kier molecular flexibility index (Phi) is 4.32. The Balaban J connectivity index is 1.53. The molecule has 1 unspecified atom stereocenters. The van der Waals surface area contributed by atoms with Gasteiger partial charge in [-0.2, -0.15) is 0 Å². The Morgan fingerprint density at radius 2 is 1.43 bits per heavy atom. The Morgan fingerprint density at radius 3 is 2.27 bits per heavy atom. The zero-order chi connectivity index (χ0) is 24.5. The van der Waals surface area contributed by atoms with Crippen molar-refractivity contribution in [2.75, 3.05) is 0 Å². The van der Waals surface area contributed by atoms with Crippen molar-refractivity contribution >= 4 is 55.0 Å². The summed E-state index contributed by atoms with van der Waals surface area (Å²) in [4.78, 5) is 10.3. The van der Waals surface area contributed by atoms with Crippen molar-refractivity contribution in [3.63, 3.8) is 0 Å². The van der Waals surface area contributed by atoms with Crippen molar-refractivity contribution in [1.29, 1.82) is 0 Å². The Hall–Kier alpha value is -4.51. The first-order chi connectivity index (χ1) is 18.3. The van der Waals surface area contributed by atoms with Crippen LogP contribution in [0.25, 0.3) is 60.9 Å². The van der Waals surface area contributed by atoms with E-state index in [1.807, 2.05) is 24.3 Å². The maximum absolute atomic E-state index is 13.9. The molecule has 3 heterocycles. The van der Waals surface area contributed by atoms with Crippen molar-refractivity contribution < 1.29 is 4.39 Å². The average Bonchev–Trinajstić information content (AvgIpc) is 3.49. The van der Waals surface area contributed by atoms with Crippen LogP contribution < -0.4 is 0 Å². The number of para-hydroxylation sites is 4. The smallest absolute Gasteiger partial charge is 0.221 e. The standard InChI is InChI=1S/C32H23FN4/c33-22-16-13-20(14-17-22)21-15-18-24-23-7-2-5-11-28(23)36(30(24)19-21)32-35-26-9-3-1-8-25(26)31-34-27-10-4-6-12-29(27)37(31)32/h1-13,15,18-19,22H,14,16-17H2. The second-order valence-electron chi connectivity index (χ2n) is 9.87. The van der Waals surface area contributed by atoms with Crippen LogP contribution in [-0.2, 0) is 0 Å². The van der Waals surface area contributed by atoms with Crippen LogP contribution in [0.15, 0.2) is 97.1 Å². The molecular weight excluding hydrogens is 459 g/mol. The molecular formula is C32H23FN4. The van der Waals surface area contributed by atoms with Gasteiger partial charge < -0.3 is 0 Å². The van der Waals surface area contributed by atoms with Gasteiger partial charge in [-0.25, -0.2) is 14.4 Å². The number of alkyl halides is 1. The summed E-state index contributed by atoms with van der Waals surface area (Å²) in [7, 11) is 0. The summed E-state index contributed by atoms with van der Waals surface area (Å²) in [6, 6.07) is 31.6. The summed E-state index contributed by atoms with van der Waals surface area (Å²) in [6.45, 7) is 0. The second kappa shape index (κ2) is 7.74. The normalized spacial score (nSPS) is 16.4. The quantitative estimate of drug-likeness (QED) is 0.250. The molecule has 0 aliphatic heterocycles. The number of hydrogen-bond acceptors (Lipinski definition) is 2. The van der Waals surface area contributed by atoms with Crippen LogP contribution in [0.4, 0.5) is 4.39 Å². The number of aromatic nitrogens is 4. The fourth-order valence-electron chi connectivity index (χ4n) is 5.93. The van der Waals surface area contributed by atoms with E-state index in [-0.39, 0.29) is 0 Å². The highest BCUT2D eigenvalue weighted by Crippen LogP contribution is 2.37. The van der Waals surface area contributed by atoms with Crippen LogP contribution in [0.2, 0.25) is 0 Å². The SMILES string of the molecule is FC1CC=C(c2ccc3c4ccccc4n(-c4nc5ccccc5c5nc6ccccc6n45)c3c2)CC1. The fourth-order valence-corrected chi connectivity index (χ4v) is 5.93. The predicted molar refractivity (Wildman–Crippen MR) is 149 cm³/mol. The van der Waals surface area contributed by atoms with Crippen LogP contribution in [-0.4, -0.2) is 25.1 Å². The van der Waals surface area contributed by atoms with E-state index in [4.69, 9.17) is 9.97 Å². The van der Waals surface area contributed by atoms with Crippen LogP contribution in [0.5, 0.6) is 0 Å². The Bertz CT molecular complexity index is 2050. The van der Waals surface area contributed by atoms with Crippen molar-refractivity contribution in [1.82, 2.24) is 18.9 Å². The van der Waals surface area contributed by atoms with Gasteiger partial charge in [0.1, 0.15) is 11.8 Å². The van der Waals surface area contributed by atoms with E-state index < -0.39 is 6.17 Å². The molecule has 1 aliphatic rings. The number of benzene rings is 4. The maximum Gasteiger partial charge on any atom is 0.221 e. The lowest BCUT2D eigenvalue weighted by molar-refractivity contribution is 0.314. The van der Waals surface area contributed by atoms with Gasteiger partial charge in [0.15, 0.2) is 0 Å². The highest BCUT2D eigenvalue weighted by Gasteiger charge is 2.21. The number of imidazole rings is 1. The minimum absolute atomic E-state index is 0.490. The second-order valence-corrected chi connectivity index (χ2v) is 9.87.